The van der Waals surface area contributed by atoms with Gasteiger partial charge in [-0.05, 0) is 25.9 Å². The SMILES string of the molecule is O=C1OC2(CCNCC2)CN(C2CC2)C1=O. The van der Waals surface area contributed by atoms with E-state index in [0.29, 0.717) is 12.6 Å². The van der Waals surface area contributed by atoms with Crippen LogP contribution in [0.5, 0.6) is 0 Å². The summed E-state index contributed by atoms with van der Waals surface area (Å²) in [6.45, 7) is 2.32. The van der Waals surface area contributed by atoms with Gasteiger partial charge in [-0.1, -0.05) is 0 Å². The fourth-order valence-electron chi connectivity index (χ4n) is 2.60. The maximum atomic E-state index is 11.7. The zero-order valence-electron chi connectivity index (χ0n) is 9.20. The molecule has 0 radical (unpaired) electrons. The van der Waals surface area contributed by atoms with E-state index in [-0.39, 0.29) is 0 Å². The van der Waals surface area contributed by atoms with Crippen LogP contribution in [0.3, 0.4) is 0 Å². The highest BCUT2D eigenvalue weighted by atomic mass is 16.6. The molecule has 5 heteroatoms. The van der Waals surface area contributed by atoms with Crippen LogP contribution < -0.4 is 5.32 Å². The predicted octanol–water partition coefficient (Wildman–Crippen LogP) is -0.344. The van der Waals surface area contributed by atoms with Crippen LogP contribution >= 0.6 is 0 Å². The molecule has 3 fully saturated rings. The Bertz CT molecular complexity index is 332. The zero-order chi connectivity index (χ0) is 11.2. The van der Waals surface area contributed by atoms with Crippen molar-refractivity contribution in [1.29, 1.82) is 0 Å². The number of nitrogens with one attached hydrogen (secondary N) is 1. The molecule has 1 N–H and O–H groups in total. The number of hydrogen-bond donors (Lipinski definition) is 1. The summed E-state index contributed by atoms with van der Waals surface area (Å²) in [5.41, 5.74) is -0.404. The van der Waals surface area contributed by atoms with Crippen LogP contribution in [0.25, 0.3) is 0 Å². The molecule has 0 atom stereocenters. The van der Waals surface area contributed by atoms with E-state index < -0.39 is 17.5 Å². The van der Waals surface area contributed by atoms with Crippen molar-refractivity contribution in [2.75, 3.05) is 19.6 Å². The van der Waals surface area contributed by atoms with E-state index in [1.807, 2.05) is 0 Å². The highest BCUT2D eigenvalue weighted by molar-refractivity contribution is 6.33. The first-order valence-electron chi connectivity index (χ1n) is 5.95. The lowest BCUT2D eigenvalue weighted by atomic mass is 9.90. The van der Waals surface area contributed by atoms with E-state index >= 15 is 0 Å². The monoisotopic (exact) mass is 224 g/mol. The molecule has 3 aliphatic rings. The quantitative estimate of drug-likeness (QED) is 0.489. The second kappa shape index (κ2) is 3.45. The van der Waals surface area contributed by atoms with Gasteiger partial charge in [0.05, 0.1) is 6.54 Å². The fourth-order valence-corrected chi connectivity index (χ4v) is 2.60. The Morgan fingerprint density at radius 2 is 1.94 bits per heavy atom. The highest BCUT2D eigenvalue weighted by Gasteiger charge is 2.49. The Morgan fingerprint density at radius 3 is 2.56 bits per heavy atom. The third-order valence-electron chi connectivity index (χ3n) is 3.71. The maximum Gasteiger partial charge on any atom is 0.397 e. The van der Waals surface area contributed by atoms with Crippen molar-refractivity contribution in [2.24, 2.45) is 0 Å². The fraction of sp³-hybridized carbons (Fsp3) is 0.818. The zero-order valence-corrected chi connectivity index (χ0v) is 9.20. The van der Waals surface area contributed by atoms with Gasteiger partial charge in [0.1, 0.15) is 5.60 Å². The van der Waals surface area contributed by atoms with Crippen LogP contribution in [0, 0.1) is 0 Å². The van der Waals surface area contributed by atoms with Crippen molar-refractivity contribution in [3.05, 3.63) is 0 Å². The summed E-state index contributed by atoms with van der Waals surface area (Å²) in [6, 6.07) is 0.298. The number of esters is 1. The average molecular weight is 224 g/mol. The lowest BCUT2D eigenvalue weighted by molar-refractivity contribution is -0.188. The Kier molecular flexibility index (Phi) is 2.17. The van der Waals surface area contributed by atoms with E-state index in [0.717, 1.165) is 38.8 Å². The summed E-state index contributed by atoms with van der Waals surface area (Å²) in [6.07, 6.45) is 3.70. The normalized spacial score (nSPS) is 29.4. The van der Waals surface area contributed by atoms with Crippen molar-refractivity contribution >= 4 is 11.9 Å². The topological polar surface area (TPSA) is 58.6 Å². The van der Waals surface area contributed by atoms with Gasteiger partial charge in [0.2, 0.25) is 0 Å². The number of hydrogen-bond acceptors (Lipinski definition) is 4. The Hall–Kier alpha value is -1.10. The summed E-state index contributed by atoms with van der Waals surface area (Å²) in [5, 5.41) is 3.25. The third-order valence-corrected chi connectivity index (χ3v) is 3.71. The van der Waals surface area contributed by atoms with Crippen LogP contribution in [0.2, 0.25) is 0 Å². The molecule has 1 spiro atoms. The first-order valence-corrected chi connectivity index (χ1v) is 5.95. The number of piperidine rings is 1. The molecule has 5 nitrogen and oxygen atoms in total. The number of carbonyl (C=O) groups excluding carboxylic acids is 2. The lowest BCUT2D eigenvalue weighted by Gasteiger charge is -2.43. The molecular formula is C11H16N2O3. The molecule has 0 aromatic carbocycles. The van der Waals surface area contributed by atoms with Gasteiger partial charge < -0.3 is 15.0 Å². The molecular weight excluding hydrogens is 208 g/mol. The van der Waals surface area contributed by atoms with Crippen molar-refractivity contribution < 1.29 is 14.3 Å². The van der Waals surface area contributed by atoms with Gasteiger partial charge in [-0.2, -0.15) is 0 Å². The molecule has 1 amide bonds. The van der Waals surface area contributed by atoms with Crippen molar-refractivity contribution in [1.82, 2.24) is 10.2 Å². The number of carbonyl (C=O) groups is 2. The maximum absolute atomic E-state index is 11.7. The highest BCUT2D eigenvalue weighted by Crippen LogP contribution is 2.35. The number of ether oxygens (including phenoxy) is 1. The summed E-state index contributed by atoms with van der Waals surface area (Å²) >= 11 is 0. The summed E-state index contributed by atoms with van der Waals surface area (Å²) in [5.74, 6) is -1.09. The minimum Gasteiger partial charge on any atom is -0.450 e. The molecule has 2 saturated heterocycles. The van der Waals surface area contributed by atoms with Crippen molar-refractivity contribution in [2.45, 2.75) is 37.3 Å². The summed E-state index contributed by atoms with van der Waals surface area (Å²) in [7, 11) is 0. The Labute approximate surface area is 94.1 Å². The van der Waals surface area contributed by atoms with Gasteiger partial charge in [0, 0.05) is 18.9 Å². The standard InChI is InChI=1S/C11H16N2O3/c14-9-10(15)16-11(3-5-12-6-4-11)7-13(9)8-1-2-8/h8,12H,1-7H2. The minimum atomic E-state index is -0.653. The lowest BCUT2D eigenvalue weighted by Crippen LogP contribution is -2.60. The third kappa shape index (κ3) is 1.59. The van der Waals surface area contributed by atoms with Crippen LogP contribution in [0.1, 0.15) is 25.7 Å². The van der Waals surface area contributed by atoms with E-state index in [1.165, 1.54) is 0 Å². The first-order chi connectivity index (χ1) is 7.70. The minimum absolute atomic E-state index is 0.298. The predicted molar refractivity (Wildman–Crippen MR) is 55.7 cm³/mol. The molecule has 0 aromatic heterocycles. The van der Waals surface area contributed by atoms with Gasteiger partial charge in [0.25, 0.3) is 0 Å². The number of rotatable bonds is 1. The Balaban J connectivity index is 1.80. The van der Waals surface area contributed by atoms with Crippen molar-refractivity contribution in [3.8, 4) is 0 Å². The van der Waals surface area contributed by atoms with Crippen LogP contribution in [-0.2, 0) is 14.3 Å². The van der Waals surface area contributed by atoms with Gasteiger partial charge in [-0.25, -0.2) is 4.79 Å². The Morgan fingerprint density at radius 1 is 1.25 bits per heavy atom. The van der Waals surface area contributed by atoms with Gasteiger partial charge >= 0.3 is 11.9 Å². The molecule has 88 valence electrons. The molecule has 1 aliphatic carbocycles. The second-order valence-corrected chi connectivity index (χ2v) is 4.99. The molecule has 0 unspecified atom stereocenters. The summed E-state index contributed by atoms with van der Waals surface area (Å²) < 4.78 is 5.37. The molecule has 1 saturated carbocycles. The number of morpholine rings is 1. The molecule has 2 aliphatic heterocycles. The van der Waals surface area contributed by atoms with E-state index in [1.54, 1.807) is 4.90 Å². The number of amides is 1. The van der Waals surface area contributed by atoms with Gasteiger partial charge in [0.15, 0.2) is 0 Å². The van der Waals surface area contributed by atoms with Gasteiger partial charge in [-0.15, -0.1) is 0 Å². The van der Waals surface area contributed by atoms with Gasteiger partial charge in [-0.3, -0.25) is 4.79 Å². The van der Waals surface area contributed by atoms with Crippen LogP contribution in [-0.4, -0.2) is 48.1 Å². The average Bonchev–Trinajstić information content (AvgIpc) is 3.09. The summed E-state index contributed by atoms with van der Waals surface area (Å²) in [4.78, 5) is 25.0. The largest absolute Gasteiger partial charge is 0.450 e. The van der Waals surface area contributed by atoms with Crippen LogP contribution in [0.15, 0.2) is 0 Å². The first kappa shape index (κ1) is 10.1. The smallest absolute Gasteiger partial charge is 0.397 e. The second-order valence-electron chi connectivity index (χ2n) is 4.99. The molecule has 0 bridgehead atoms. The molecule has 0 aromatic rings. The molecule has 3 rings (SSSR count). The molecule has 2 heterocycles. The van der Waals surface area contributed by atoms with E-state index in [2.05, 4.69) is 5.32 Å². The molecule has 16 heavy (non-hydrogen) atoms. The van der Waals surface area contributed by atoms with E-state index in [9.17, 15) is 9.59 Å². The van der Waals surface area contributed by atoms with E-state index in [4.69, 9.17) is 4.74 Å². The van der Waals surface area contributed by atoms with Crippen LogP contribution in [0.4, 0.5) is 0 Å². The van der Waals surface area contributed by atoms with Crippen molar-refractivity contribution in [3.63, 3.8) is 0 Å². The number of nitrogens with zero attached hydrogens (tertiary/aromatic N) is 1.